The smallest absolute Gasteiger partial charge is 0.537 e. The minimum atomic E-state index is 0.236. The number of phenols is 1. The minimum Gasteiger partial charge on any atom is -0.537 e. The van der Waals surface area contributed by atoms with E-state index < -0.39 is 0 Å². The first-order chi connectivity index (χ1) is 6.79. The van der Waals surface area contributed by atoms with E-state index in [2.05, 4.69) is 0 Å². The molecule has 0 aliphatic carbocycles. The second-order valence-corrected chi connectivity index (χ2v) is 2.92. The molecule has 0 spiro atoms. The summed E-state index contributed by atoms with van der Waals surface area (Å²) in [5.74, 6) is 0.797. The number of rotatable bonds is 2. The van der Waals surface area contributed by atoms with Crippen molar-refractivity contribution >= 4 is 18.5 Å². The van der Waals surface area contributed by atoms with Crippen molar-refractivity contribution in [2.45, 2.75) is 0 Å². The zero-order valence-corrected chi connectivity index (χ0v) is 7.34. The van der Waals surface area contributed by atoms with E-state index in [0.717, 1.165) is 10.8 Å². The summed E-state index contributed by atoms with van der Waals surface area (Å²) in [7, 11) is 0.640. The maximum atomic E-state index is 9.23. The van der Waals surface area contributed by atoms with Gasteiger partial charge in [0.15, 0.2) is 0 Å². The predicted octanol–water partition coefficient (Wildman–Crippen LogP) is 1.45. The quantitative estimate of drug-likeness (QED) is 0.699. The Morgan fingerprint density at radius 2 is 1.71 bits per heavy atom. The van der Waals surface area contributed by atoms with Crippen LogP contribution in [0.15, 0.2) is 36.4 Å². The van der Waals surface area contributed by atoms with Gasteiger partial charge in [-0.3, -0.25) is 0 Å². The molecule has 0 aromatic heterocycles. The monoisotopic (exact) mass is 187 g/mol. The van der Waals surface area contributed by atoms with Crippen molar-refractivity contribution in [3.8, 4) is 11.5 Å². The van der Waals surface area contributed by atoms with Gasteiger partial charge in [0.1, 0.15) is 11.5 Å². The molecule has 0 aliphatic heterocycles. The summed E-state index contributed by atoms with van der Waals surface area (Å²) in [5.41, 5.74) is 0. The lowest BCUT2D eigenvalue weighted by molar-refractivity contribution is 0.454. The van der Waals surface area contributed by atoms with Crippen molar-refractivity contribution in [1.82, 2.24) is 0 Å². The van der Waals surface area contributed by atoms with E-state index in [1.165, 1.54) is 0 Å². The molecule has 2 rings (SSSR count). The van der Waals surface area contributed by atoms with Crippen LogP contribution in [0.3, 0.4) is 0 Å². The van der Waals surface area contributed by atoms with E-state index in [1.54, 1.807) is 30.3 Å². The van der Waals surface area contributed by atoms with Crippen LogP contribution >= 0.6 is 0 Å². The highest BCUT2D eigenvalue weighted by Crippen LogP contribution is 2.23. The van der Waals surface area contributed by atoms with Crippen molar-refractivity contribution < 1.29 is 14.8 Å². The van der Waals surface area contributed by atoms with Crippen LogP contribution in [0, 0.1) is 0 Å². The average Bonchev–Trinajstić information content (AvgIpc) is 2.19. The molecule has 0 atom stereocenters. The van der Waals surface area contributed by atoms with Gasteiger partial charge >= 0.3 is 7.69 Å². The molecule has 1 radical (unpaired) electrons. The molecule has 0 saturated heterocycles. The number of benzene rings is 2. The second kappa shape index (κ2) is 3.60. The predicted molar refractivity (Wildman–Crippen MR) is 54.2 cm³/mol. The van der Waals surface area contributed by atoms with Crippen molar-refractivity contribution in [2.24, 2.45) is 0 Å². The number of phenolic OH excluding ortho intramolecular Hbond substituents is 1. The van der Waals surface area contributed by atoms with Gasteiger partial charge in [0.25, 0.3) is 0 Å². The van der Waals surface area contributed by atoms with E-state index in [0.29, 0.717) is 13.4 Å². The molecule has 0 unspecified atom stereocenters. The number of aromatic hydroxyl groups is 1. The molecule has 0 amide bonds. The Labute approximate surface area is 81.9 Å². The number of hydrogen-bond acceptors (Lipinski definition) is 3. The third-order valence-corrected chi connectivity index (χ3v) is 1.98. The maximum absolute atomic E-state index is 9.23. The largest absolute Gasteiger partial charge is 0.569 e. The molecule has 0 saturated carbocycles. The van der Waals surface area contributed by atoms with E-state index in [1.807, 2.05) is 6.07 Å². The van der Waals surface area contributed by atoms with Crippen LogP contribution in [0.25, 0.3) is 10.8 Å². The molecular weight excluding hydrogens is 179 g/mol. The van der Waals surface area contributed by atoms with Crippen LogP contribution in [0.2, 0.25) is 0 Å². The first kappa shape index (κ1) is 8.90. The summed E-state index contributed by atoms with van der Waals surface area (Å²) < 4.78 is 4.81. The highest BCUT2D eigenvalue weighted by atomic mass is 16.5. The van der Waals surface area contributed by atoms with E-state index in [9.17, 15) is 5.11 Å². The van der Waals surface area contributed by atoms with Gasteiger partial charge in [0.05, 0.1) is 0 Å². The zero-order chi connectivity index (χ0) is 9.97. The fraction of sp³-hybridized carbons (Fsp3) is 0. The van der Waals surface area contributed by atoms with Crippen LogP contribution in [0.4, 0.5) is 0 Å². The van der Waals surface area contributed by atoms with Crippen LogP contribution in [-0.2, 0) is 0 Å². The van der Waals surface area contributed by atoms with Gasteiger partial charge in [-0.05, 0) is 35.0 Å². The third kappa shape index (κ3) is 1.65. The normalized spacial score (nSPS) is 10.1. The van der Waals surface area contributed by atoms with Crippen LogP contribution in [0.1, 0.15) is 0 Å². The summed E-state index contributed by atoms with van der Waals surface area (Å²) >= 11 is 0. The highest BCUT2D eigenvalue weighted by Gasteiger charge is 1.98. The first-order valence-electron chi connectivity index (χ1n) is 4.15. The first-order valence-corrected chi connectivity index (χ1v) is 4.15. The van der Waals surface area contributed by atoms with E-state index in [4.69, 9.17) is 9.68 Å². The average molecular weight is 187 g/mol. The van der Waals surface area contributed by atoms with Gasteiger partial charge in [-0.1, -0.05) is 12.1 Å². The molecular formula is C10H8BO3. The number of fused-ring (bicyclic) bond motifs is 1. The van der Waals surface area contributed by atoms with Gasteiger partial charge in [-0.25, -0.2) is 0 Å². The van der Waals surface area contributed by atoms with Gasteiger partial charge < -0.3 is 14.8 Å². The zero-order valence-electron chi connectivity index (χ0n) is 7.34. The van der Waals surface area contributed by atoms with Gasteiger partial charge in [0, 0.05) is 0 Å². The van der Waals surface area contributed by atoms with E-state index >= 15 is 0 Å². The summed E-state index contributed by atoms with van der Waals surface area (Å²) in [5, 5.41) is 19.5. The van der Waals surface area contributed by atoms with Crippen molar-refractivity contribution in [1.29, 1.82) is 0 Å². The summed E-state index contributed by atoms with van der Waals surface area (Å²) in [6, 6.07) is 10.4. The van der Waals surface area contributed by atoms with Crippen LogP contribution in [-0.4, -0.2) is 17.8 Å². The topological polar surface area (TPSA) is 49.7 Å². The Kier molecular flexibility index (Phi) is 2.29. The Bertz CT molecular complexity index is 456. The van der Waals surface area contributed by atoms with Crippen molar-refractivity contribution in [3.05, 3.63) is 36.4 Å². The molecule has 2 N–H and O–H groups in total. The van der Waals surface area contributed by atoms with Crippen LogP contribution < -0.4 is 4.65 Å². The lowest BCUT2D eigenvalue weighted by Gasteiger charge is -2.03. The lowest BCUT2D eigenvalue weighted by Crippen LogP contribution is -1.99. The Balaban J connectivity index is 2.50. The van der Waals surface area contributed by atoms with Gasteiger partial charge in [-0.2, -0.15) is 0 Å². The summed E-state index contributed by atoms with van der Waals surface area (Å²) in [6.07, 6.45) is 0. The van der Waals surface area contributed by atoms with Crippen molar-refractivity contribution in [3.63, 3.8) is 0 Å². The van der Waals surface area contributed by atoms with E-state index in [-0.39, 0.29) is 5.75 Å². The molecule has 14 heavy (non-hydrogen) atoms. The Morgan fingerprint density at radius 1 is 1.00 bits per heavy atom. The fourth-order valence-electron chi connectivity index (χ4n) is 1.35. The van der Waals surface area contributed by atoms with Gasteiger partial charge in [0.2, 0.25) is 0 Å². The molecule has 2 aromatic rings. The summed E-state index contributed by atoms with van der Waals surface area (Å²) in [6.45, 7) is 0. The van der Waals surface area contributed by atoms with Crippen molar-refractivity contribution in [2.75, 3.05) is 0 Å². The second-order valence-electron chi connectivity index (χ2n) is 2.92. The SMILES string of the molecule is O[B]Oc1ccc2cc(O)ccc2c1. The molecule has 0 aliphatic rings. The highest BCUT2D eigenvalue weighted by molar-refractivity contribution is 6.17. The minimum absolute atomic E-state index is 0.236. The number of hydrogen-bond donors (Lipinski definition) is 2. The Hall–Kier alpha value is -1.68. The Morgan fingerprint density at radius 3 is 2.50 bits per heavy atom. The fourth-order valence-corrected chi connectivity index (χ4v) is 1.35. The summed E-state index contributed by atoms with van der Waals surface area (Å²) in [4.78, 5) is 0. The van der Waals surface area contributed by atoms with Gasteiger partial charge in [-0.15, -0.1) is 0 Å². The molecule has 4 heteroatoms. The molecule has 3 nitrogen and oxygen atoms in total. The molecule has 0 bridgehead atoms. The molecule has 2 aromatic carbocycles. The standard InChI is InChI=1S/C10H8BO3/c12-9-3-1-8-6-10(14-11-13)4-2-7(8)5-9/h1-6,12-13H. The molecule has 0 fully saturated rings. The lowest BCUT2D eigenvalue weighted by atomic mass is 10.1. The molecule has 69 valence electrons. The third-order valence-electron chi connectivity index (χ3n) is 1.98. The maximum Gasteiger partial charge on any atom is 0.569 e. The van der Waals surface area contributed by atoms with Crippen LogP contribution in [0.5, 0.6) is 11.5 Å². The molecule has 0 heterocycles.